The molecule has 1 aliphatic rings. The Morgan fingerprint density at radius 1 is 1.52 bits per heavy atom. The van der Waals surface area contributed by atoms with Crippen LogP contribution in [0.25, 0.3) is 11.2 Å². The second kappa shape index (κ2) is 6.61. The van der Waals surface area contributed by atoms with Crippen LogP contribution in [0.15, 0.2) is 11.1 Å². The predicted molar refractivity (Wildman–Crippen MR) is 83.6 cm³/mol. The number of carbonyl (C=O) groups is 2. The lowest BCUT2D eigenvalue weighted by Crippen LogP contribution is -2.21. The summed E-state index contributed by atoms with van der Waals surface area (Å²) >= 11 is 0. The second-order valence-corrected chi connectivity index (χ2v) is 5.67. The molecule has 0 bridgehead atoms. The monoisotopic (exact) mass is 351 g/mol. The molecular formula is C14H17N5O6. The molecule has 1 saturated heterocycles. The highest BCUT2D eigenvalue weighted by Crippen LogP contribution is 2.30. The number of aromatic nitrogens is 4. The number of nitrogens with one attached hydrogen (secondary N) is 2. The first-order valence-corrected chi connectivity index (χ1v) is 7.56. The lowest BCUT2D eigenvalue weighted by atomic mass is 10.2. The first-order valence-electron chi connectivity index (χ1n) is 7.56. The van der Waals surface area contributed by atoms with Crippen molar-refractivity contribution in [2.24, 2.45) is 0 Å². The Hall–Kier alpha value is -2.79. The van der Waals surface area contributed by atoms with Crippen LogP contribution in [-0.2, 0) is 19.1 Å². The van der Waals surface area contributed by atoms with Gasteiger partial charge in [-0.05, 0) is 0 Å². The first kappa shape index (κ1) is 17.0. The number of ether oxygens (including phenoxy) is 2. The Bertz CT molecular complexity index is 874. The fraction of sp³-hybridized carbons (Fsp3) is 0.500. The number of hydrogen-bond acceptors (Lipinski definition) is 8. The molecule has 1 amide bonds. The molecule has 3 atom stereocenters. The third-order valence-corrected chi connectivity index (χ3v) is 3.64. The summed E-state index contributed by atoms with van der Waals surface area (Å²) in [6.07, 6.45) is -0.655. The highest BCUT2D eigenvalue weighted by Gasteiger charge is 2.37. The summed E-state index contributed by atoms with van der Waals surface area (Å²) in [5.74, 6) is -0.870. The zero-order valence-corrected chi connectivity index (χ0v) is 13.6. The fourth-order valence-electron chi connectivity index (χ4n) is 2.64. The number of aromatic amines is 1. The number of fused-ring (bicyclic) bond motifs is 1. The molecule has 11 heteroatoms. The van der Waals surface area contributed by atoms with Crippen molar-refractivity contribution in [2.75, 3.05) is 11.9 Å². The van der Waals surface area contributed by atoms with Crippen LogP contribution in [0.3, 0.4) is 0 Å². The van der Waals surface area contributed by atoms with E-state index < -0.39 is 35.9 Å². The summed E-state index contributed by atoms with van der Waals surface area (Å²) in [6, 6.07) is 0. The SMILES string of the molecule is CC(=O)Nc1nc2c(ncn2[C@@H]2O[C@H](COC(C)=O)C[C@H]2O)c(=O)[nH]1. The largest absolute Gasteiger partial charge is 0.463 e. The Labute approximate surface area is 141 Å². The number of imidazole rings is 1. The molecule has 3 N–H and O–H groups in total. The minimum absolute atomic E-state index is 0.0146. The van der Waals surface area contributed by atoms with Gasteiger partial charge in [0, 0.05) is 20.3 Å². The van der Waals surface area contributed by atoms with Gasteiger partial charge in [0.1, 0.15) is 12.7 Å². The molecule has 2 aromatic rings. The van der Waals surface area contributed by atoms with E-state index in [-0.39, 0.29) is 30.1 Å². The van der Waals surface area contributed by atoms with Crippen molar-refractivity contribution in [1.82, 2.24) is 19.5 Å². The molecule has 3 heterocycles. The zero-order chi connectivity index (χ0) is 18.1. The van der Waals surface area contributed by atoms with E-state index in [1.807, 2.05) is 0 Å². The molecule has 25 heavy (non-hydrogen) atoms. The van der Waals surface area contributed by atoms with Gasteiger partial charge in [-0.15, -0.1) is 0 Å². The smallest absolute Gasteiger partial charge is 0.302 e. The van der Waals surface area contributed by atoms with E-state index in [9.17, 15) is 19.5 Å². The van der Waals surface area contributed by atoms with E-state index >= 15 is 0 Å². The van der Waals surface area contributed by atoms with E-state index in [4.69, 9.17) is 9.47 Å². The van der Waals surface area contributed by atoms with Crippen LogP contribution in [0.4, 0.5) is 5.95 Å². The van der Waals surface area contributed by atoms with Crippen LogP contribution in [0.2, 0.25) is 0 Å². The van der Waals surface area contributed by atoms with E-state index in [0.29, 0.717) is 0 Å². The Balaban J connectivity index is 1.90. The van der Waals surface area contributed by atoms with Crippen molar-refractivity contribution in [2.45, 2.75) is 38.7 Å². The maximum Gasteiger partial charge on any atom is 0.302 e. The van der Waals surface area contributed by atoms with Gasteiger partial charge < -0.3 is 14.6 Å². The summed E-state index contributed by atoms with van der Waals surface area (Å²) in [7, 11) is 0. The molecule has 3 rings (SSSR count). The van der Waals surface area contributed by atoms with Gasteiger partial charge in [0.25, 0.3) is 5.56 Å². The highest BCUT2D eigenvalue weighted by atomic mass is 16.6. The van der Waals surface area contributed by atoms with Crippen molar-refractivity contribution >= 4 is 29.0 Å². The zero-order valence-electron chi connectivity index (χ0n) is 13.6. The van der Waals surface area contributed by atoms with Gasteiger partial charge in [0.2, 0.25) is 11.9 Å². The number of H-pyrrole nitrogens is 1. The maximum atomic E-state index is 12.0. The van der Waals surface area contributed by atoms with Crippen LogP contribution in [0.5, 0.6) is 0 Å². The molecule has 0 unspecified atom stereocenters. The summed E-state index contributed by atoms with van der Waals surface area (Å²) in [6.45, 7) is 2.58. The van der Waals surface area contributed by atoms with E-state index in [0.717, 1.165) is 0 Å². The minimum Gasteiger partial charge on any atom is -0.463 e. The third kappa shape index (κ3) is 3.51. The summed E-state index contributed by atoms with van der Waals surface area (Å²) in [5, 5.41) is 12.6. The van der Waals surface area contributed by atoms with E-state index in [2.05, 4.69) is 20.3 Å². The van der Waals surface area contributed by atoms with Gasteiger partial charge in [0.05, 0.1) is 12.4 Å². The first-order chi connectivity index (χ1) is 11.8. The standard InChI is InChI=1S/C14H17N5O6/c1-6(20)16-14-17-11-10(12(23)18-14)15-5-19(11)13-9(22)3-8(25-13)4-24-7(2)21/h5,8-9,13,22H,3-4H2,1-2H3,(H2,16,17,18,20,23)/t8-,9+,13+/m0/s1. The second-order valence-electron chi connectivity index (χ2n) is 5.67. The molecule has 134 valence electrons. The Kier molecular flexibility index (Phi) is 4.51. The van der Waals surface area contributed by atoms with Gasteiger partial charge in [-0.2, -0.15) is 4.98 Å². The average Bonchev–Trinajstić information content (AvgIpc) is 3.08. The van der Waals surface area contributed by atoms with E-state index in [1.54, 1.807) is 0 Å². The predicted octanol–water partition coefficient (Wildman–Crippen LogP) is -0.711. The van der Waals surface area contributed by atoms with Gasteiger partial charge in [-0.1, -0.05) is 0 Å². The summed E-state index contributed by atoms with van der Waals surface area (Å²) in [4.78, 5) is 44.6. The molecule has 1 fully saturated rings. The van der Waals surface area contributed by atoms with Crippen molar-refractivity contribution in [3.63, 3.8) is 0 Å². The molecule has 1 aliphatic heterocycles. The molecule has 0 saturated carbocycles. The number of aliphatic hydroxyl groups excluding tert-OH is 1. The molecule has 0 aliphatic carbocycles. The molecule has 0 spiro atoms. The fourth-order valence-corrected chi connectivity index (χ4v) is 2.64. The van der Waals surface area contributed by atoms with Crippen molar-refractivity contribution in [3.8, 4) is 0 Å². The Morgan fingerprint density at radius 3 is 2.96 bits per heavy atom. The molecule has 11 nitrogen and oxygen atoms in total. The number of carbonyl (C=O) groups excluding carboxylic acids is 2. The van der Waals surface area contributed by atoms with Crippen LogP contribution in [0, 0.1) is 0 Å². The quantitative estimate of drug-likeness (QED) is 0.612. The van der Waals surface area contributed by atoms with Gasteiger partial charge >= 0.3 is 5.97 Å². The maximum absolute atomic E-state index is 12.0. The van der Waals surface area contributed by atoms with Gasteiger partial charge in [-0.3, -0.25) is 29.3 Å². The average molecular weight is 351 g/mol. The van der Waals surface area contributed by atoms with Gasteiger partial charge in [-0.25, -0.2) is 4.98 Å². The third-order valence-electron chi connectivity index (χ3n) is 3.64. The van der Waals surface area contributed by atoms with Crippen molar-refractivity contribution in [1.29, 1.82) is 0 Å². The number of aliphatic hydroxyl groups is 1. The number of anilines is 1. The number of rotatable bonds is 4. The number of hydrogen-bond donors (Lipinski definition) is 3. The summed E-state index contributed by atoms with van der Waals surface area (Å²) in [5.41, 5.74) is -0.325. The lowest BCUT2D eigenvalue weighted by molar-refractivity contribution is -0.146. The van der Waals surface area contributed by atoms with Crippen molar-refractivity contribution in [3.05, 3.63) is 16.7 Å². The highest BCUT2D eigenvalue weighted by molar-refractivity contribution is 5.87. The van der Waals surface area contributed by atoms with E-state index in [1.165, 1.54) is 24.7 Å². The number of amides is 1. The van der Waals surface area contributed by atoms with Crippen LogP contribution in [0.1, 0.15) is 26.5 Å². The van der Waals surface area contributed by atoms with Crippen LogP contribution in [-0.4, -0.2) is 55.3 Å². The summed E-state index contributed by atoms with van der Waals surface area (Å²) < 4.78 is 12.0. The number of esters is 1. The molecular weight excluding hydrogens is 334 g/mol. The molecule has 0 aromatic carbocycles. The van der Waals surface area contributed by atoms with Crippen LogP contribution < -0.4 is 10.9 Å². The van der Waals surface area contributed by atoms with Gasteiger partial charge in [0.15, 0.2) is 17.4 Å². The molecule has 2 aromatic heterocycles. The topological polar surface area (TPSA) is 148 Å². The Morgan fingerprint density at radius 2 is 2.28 bits per heavy atom. The molecule has 0 radical (unpaired) electrons. The number of nitrogens with zero attached hydrogens (tertiary/aromatic N) is 3. The lowest BCUT2D eigenvalue weighted by Gasteiger charge is -2.17. The minimum atomic E-state index is -0.900. The van der Waals surface area contributed by atoms with Crippen LogP contribution >= 0.6 is 0 Å². The normalized spacial score (nSPS) is 22.9. The van der Waals surface area contributed by atoms with Crippen molar-refractivity contribution < 1.29 is 24.2 Å².